The minimum atomic E-state index is 0.566. The fourth-order valence-electron chi connectivity index (χ4n) is 2.38. The summed E-state index contributed by atoms with van der Waals surface area (Å²) in [5.41, 5.74) is 8.45. The molecule has 3 aromatic rings. The molecule has 3 rings (SSSR count). The number of hydrogen-bond donors (Lipinski definition) is 1. The van der Waals surface area contributed by atoms with Crippen molar-refractivity contribution in [3.8, 4) is 11.6 Å². The number of aryl methyl sites for hydroxylation is 2. The van der Waals surface area contributed by atoms with E-state index in [2.05, 4.69) is 17.0 Å². The van der Waals surface area contributed by atoms with E-state index in [0.29, 0.717) is 17.3 Å². The van der Waals surface area contributed by atoms with Crippen molar-refractivity contribution in [1.82, 2.24) is 14.8 Å². The lowest BCUT2D eigenvalue weighted by Gasteiger charge is -2.08. The van der Waals surface area contributed by atoms with E-state index < -0.39 is 0 Å². The first-order chi connectivity index (χ1) is 10.2. The van der Waals surface area contributed by atoms with Crippen molar-refractivity contribution < 1.29 is 4.74 Å². The third-order valence-corrected chi connectivity index (χ3v) is 3.40. The highest BCUT2D eigenvalue weighted by Gasteiger charge is 2.16. The molecule has 2 N–H and O–H groups in total. The number of benzene rings is 1. The maximum Gasteiger partial charge on any atom is 0.241 e. The molecule has 5 nitrogen and oxygen atoms in total. The van der Waals surface area contributed by atoms with Crippen LogP contribution in [0.4, 0.5) is 5.69 Å². The van der Waals surface area contributed by atoms with Crippen LogP contribution in [0.1, 0.15) is 19.0 Å². The number of fused-ring (bicyclic) bond motifs is 1. The van der Waals surface area contributed by atoms with Gasteiger partial charge in [0.1, 0.15) is 11.2 Å². The molecule has 21 heavy (non-hydrogen) atoms. The van der Waals surface area contributed by atoms with E-state index in [9.17, 15) is 0 Å². The summed E-state index contributed by atoms with van der Waals surface area (Å²) in [6, 6.07) is 9.75. The Morgan fingerprint density at radius 2 is 2.05 bits per heavy atom. The third-order valence-electron chi connectivity index (χ3n) is 3.40. The van der Waals surface area contributed by atoms with Crippen molar-refractivity contribution in [2.45, 2.75) is 19.8 Å². The van der Waals surface area contributed by atoms with Crippen molar-refractivity contribution in [3.05, 3.63) is 42.2 Å². The number of hydrogen-bond acceptors (Lipinski definition) is 4. The average molecular weight is 282 g/mol. The monoisotopic (exact) mass is 282 g/mol. The van der Waals surface area contributed by atoms with Gasteiger partial charge in [-0.2, -0.15) is 5.10 Å². The fourth-order valence-corrected chi connectivity index (χ4v) is 2.38. The number of anilines is 1. The molecule has 0 aliphatic heterocycles. The van der Waals surface area contributed by atoms with Crippen molar-refractivity contribution >= 4 is 16.6 Å². The molecule has 0 spiro atoms. The Labute approximate surface area is 123 Å². The molecule has 0 saturated heterocycles. The maximum atomic E-state index is 6.15. The fraction of sp³-hybridized carbons (Fsp3) is 0.250. The van der Waals surface area contributed by atoms with Gasteiger partial charge in [0.05, 0.1) is 5.69 Å². The lowest BCUT2D eigenvalue weighted by molar-refractivity contribution is 0.436. The van der Waals surface area contributed by atoms with E-state index in [4.69, 9.17) is 10.5 Å². The van der Waals surface area contributed by atoms with Gasteiger partial charge >= 0.3 is 0 Å². The van der Waals surface area contributed by atoms with Crippen molar-refractivity contribution in [2.24, 2.45) is 7.05 Å². The van der Waals surface area contributed by atoms with Gasteiger partial charge in [0, 0.05) is 18.6 Å². The minimum absolute atomic E-state index is 0.566. The zero-order valence-corrected chi connectivity index (χ0v) is 12.2. The number of nitrogens with two attached hydrogens (primary N) is 1. The number of nitrogens with zero attached hydrogens (tertiary/aromatic N) is 3. The van der Waals surface area contributed by atoms with Gasteiger partial charge in [-0.25, -0.2) is 4.68 Å². The highest BCUT2D eigenvalue weighted by atomic mass is 16.5. The number of rotatable bonds is 4. The number of ether oxygens (including phenoxy) is 1. The van der Waals surface area contributed by atoms with Crippen molar-refractivity contribution in [1.29, 1.82) is 0 Å². The van der Waals surface area contributed by atoms with E-state index >= 15 is 0 Å². The first-order valence-electron chi connectivity index (χ1n) is 7.03. The summed E-state index contributed by atoms with van der Waals surface area (Å²) in [6.07, 6.45) is 3.59. The highest BCUT2D eigenvalue weighted by Crippen LogP contribution is 2.33. The summed E-state index contributed by atoms with van der Waals surface area (Å²) in [4.78, 5) is 4.38. The predicted octanol–water partition coefficient (Wildman–Crippen LogP) is 3.30. The normalized spacial score (nSPS) is 11.0. The highest BCUT2D eigenvalue weighted by molar-refractivity contribution is 5.84. The standard InChI is InChI=1S/C16H18N4O/c1-3-6-12-14(17)16(20(2)19-12)21-13-9-4-7-11-8-5-10-18-15(11)13/h4-5,7-10H,3,6,17H2,1-2H3. The molecule has 0 radical (unpaired) electrons. The molecule has 0 saturated carbocycles. The molecule has 108 valence electrons. The molecule has 0 fully saturated rings. The van der Waals surface area contributed by atoms with E-state index in [1.807, 2.05) is 37.4 Å². The van der Waals surface area contributed by atoms with Crippen molar-refractivity contribution in [3.63, 3.8) is 0 Å². The molecule has 2 heterocycles. The van der Waals surface area contributed by atoms with Gasteiger partial charge in [-0.05, 0) is 18.6 Å². The van der Waals surface area contributed by atoms with Crippen molar-refractivity contribution in [2.75, 3.05) is 5.73 Å². The Kier molecular flexibility index (Phi) is 3.48. The van der Waals surface area contributed by atoms with Crippen LogP contribution in [0.15, 0.2) is 36.5 Å². The molecule has 2 aromatic heterocycles. The molecule has 0 unspecified atom stereocenters. The zero-order valence-electron chi connectivity index (χ0n) is 12.2. The van der Waals surface area contributed by atoms with Crippen LogP contribution in [0.25, 0.3) is 10.9 Å². The molecule has 0 aliphatic rings. The van der Waals surface area contributed by atoms with Gasteiger partial charge in [-0.3, -0.25) is 4.98 Å². The van der Waals surface area contributed by atoms with Crippen LogP contribution in [-0.2, 0) is 13.5 Å². The maximum absolute atomic E-state index is 6.15. The second-order valence-corrected chi connectivity index (χ2v) is 4.97. The first-order valence-corrected chi connectivity index (χ1v) is 7.03. The van der Waals surface area contributed by atoms with Gasteiger partial charge in [-0.15, -0.1) is 0 Å². The predicted molar refractivity (Wildman–Crippen MR) is 83.4 cm³/mol. The molecule has 1 aromatic carbocycles. The van der Waals surface area contributed by atoms with Crippen LogP contribution in [0.2, 0.25) is 0 Å². The number of nitrogen functional groups attached to an aromatic ring is 1. The van der Waals surface area contributed by atoms with Crippen LogP contribution in [0.3, 0.4) is 0 Å². The van der Waals surface area contributed by atoms with Gasteiger partial charge in [0.2, 0.25) is 5.88 Å². The number of pyridine rings is 1. The summed E-state index contributed by atoms with van der Waals surface area (Å²) in [6.45, 7) is 2.10. The minimum Gasteiger partial charge on any atom is -0.435 e. The van der Waals surface area contributed by atoms with Gasteiger partial charge in [0.15, 0.2) is 5.75 Å². The lowest BCUT2D eigenvalue weighted by Crippen LogP contribution is -1.98. The quantitative estimate of drug-likeness (QED) is 0.797. The molecule has 0 atom stereocenters. The summed E-state index contributed by atoms with van der Waals surface area (Å²) in [7, 11) is 1.84. The van der Waals surface area contributed by atoms with Crippen LogP contribution in [0.5, 0.6) is 11.6 Å². The lowest BCUT2D eigenvalue weighted by atomic mass is 10.2. The largest absolute Gasteiger partial charge is 0.435 e. The molecule has 0 aliphatic carbocycles. The van der Waals surface area contributed by atoms with Crippen LogP contribution in [-0.4, -0.2) is 14.8 Å². The second-order valence-electron chi connectivity index (χ2n) is 4.97. The molecular formula is C16H18N4O. The Morgan fingerprint density at radius 3 is 2.86 bits per heavy atom. The Bertz CT molecular complexity index is 774. The Morgan fingerprint density at radius 1 is 1.24 bits per heavy atom. The van der Waals surface area contributed by atoms with E-state index in [0.717, 1.165) is 29.4 Å². The van der Waals surface area contributed by atoms with Crippen LogP contribution >= 0.6 is 0 Å². The smallest absolute Gasteiger partial charge is 0.241 e. The topological polar surface area (TPSA) is 66.0 Å². The average Bonchev–Trinajstić information content (AvgIpc) is 2.76. The molecular weight excluding hydrogens is 264 g/mol. The van der Waals surface area contributed by atoms with E-state index in [1.54, 1.807) is 10.9 Å². The van der Waals surface area contributed by atoms with Crippen LogP contribution < -0.4 is 10.5 Å². The second kappa shape index (κ2) is 5.44. The Balaban J connectivity index is 2.03. The van der Waals surface area contributed by atoms with Gasteiger partial charge in [0.25, 0.3) is 0 Å². The molecule has 5 heteroatoms. The SMILES string of the molecule is CCCc1nn(C)c(Oc2cccc3cccnc23)c1N. The molecule has 0 amide bonds. The zero-order chi connectivity index (χ0) is 14.8. The van der Waals surface area contributed by atoms with E-state index in [1.165, 1.54) is 0 Å². The third kappa shape index (κ3) is 2.42. The molecule has 0 bridgehead atoms. The Hall–Kier alpha value is -2.56. The first kappa shape index (κ1) is 13.4. The summed E-state index contributed by atoms with van der Waals surface area (Å²) in [5.74, 6) is 1.25. The van der Waals surface area contributed by atoms with E-state index in [-0.39, 0.29) is 0 Å². The summed E-state index contributed by atoms with van der Waals surface area (Å²) in [5, 5.41) is 5.45. The summed E-state index contributed by atoms with van der Waals surface area (Å²) < 4.78 is 7.68. The number of para-hydroxylation sites is 1. The summed E-state index contributed by atoms with van der Waals surface area (Å²) >= 11 is 0. The van der Waals surface area contributed by atoms with Crippen LogP contribution in [0, 0.1) is 0 Å². The number of aromatic nitrogens is 3. The van der Waals surface area contributed by atoms with Gasteiger partial charge in [-0.1, -0.05) is 31.5 Å². The van der Waals surface area contributed by atoms with Gasteiger partial charge < -0.3 is 10.5 Å².